The van der Waals surface area contributed by atoms with E-state index in [-0.39, 0.29) is 0 Å². The van der Waals surface area contributed by atoms with E-state index >= 15 is 0 Å². The maximum atomic E-state index is 7.00. The lowest BCUT2D eigenvalue weighted by molar-refractivity contribution is 0.475. The van der Waals surface area contributed by atoms with E-state index in [1.807, 2.05) is 18.2 Å². The van der Waals surface area contributed by atoms with Gasteiger partial charge in [0.25, 0.3) is 5.75 Å². The van der Waals surface area contributed by atoms with Crippen LogP contribution in [-0.2, 0) is 0 Å². The largest absolute Gasteiger partial charge is 0.593 e. The fourth-order valence-corrected chi connectivity index (χ4v) is 0.438. The summed E-state index contributed by atoms with van der Waals surface area (Å²) in [5, 5.41) is 7.00. The van der Waals surface area contributed by atoms with E-state index in [4.69, 9.17) is 5.11 Å². The topological polar surface area (TPSA) is 22.9 Å². The molecular weight excluding hydrogens is 88.1 g/mol. The van der Waals surface area contributed by atoms with E-state index in [1.165, 1.54) is 0 Å². The smallest absolute Gasteiger partial charge is 0.253 e. The lowest BCUT2D eigenvalue weighted by Gasteiger charge is -1.78. The molecule has 0 aliphatic carbocycles. The monoisotopic (exact) mass is 95.0 g/mol. The minimum absolute atomic E-state index is 0.572. The summed E-state index contributed by atoms with van der Waals surface area (Å²) in [7, 11) is 0. The third-order valence-electron chi connectivity index (χ3n) is 0.774. The van der Waals surface area contributed by atoms with Crippen molar-refractivity contribution < 1.29 is 5.11 Å². The Morgan fingerprint density at radius 3 is 1.86 bits per heavy atom. The number of para-hydroxylation sites is 1. The first-order valence-corrected chi connectivity index (χ1v) is 2.16. The zero-order chi connectivity index (χ0) is 5.11. The van der Waals surface area contributed by atoms with Gasteiger partial charge >= 0.3 is 0 Å². The van der Waals surface area contributed by atoms with Crippen LogP contribution in [0.15, 0.2) is 30.3 Å². The first-order valence-electron chi connectivity index (χ1n) is 2.16. The van der Waals surface area contributed by atoms with Gasteiger partial charge in [-0.1, -0.05) is 18.2 Å². The Labute approximate surface area is 42.2 Å². The van der Waals surface area contributed by atoms with Crippen molar-refractivity contribution in [3.8, 4) is 5.75 Å². The Bertz CT molecular complexity index is 134. The van der Waals surface area contributed by atoms with Gasteiger partial charge in [-0.3, -0.25) is 0 Å². The van der Waals surface area contributed by atoms with E-state index in [0.29, 0.717) is 5.75 Å². The second-order valence-corrected chi connectivity index (χ2v) is 1.37. The number of rotatable bonds is 0. The highest BCUT2D eigenvalue weighted by atomic mass is 16.3. The quantitative estimate of drug-likeness (QED) is 0.431. The molecule has 0 unspecified atom stereocenters. The molecule has 36 valence electrons. The van der Waals surface area contributed by atoms with Crippen molar-refractivity contribution >= 4 is 0 Å². The van der Waals surface area contributed by atoms with Gasteiger partial charge in [0.1, 0.15) is 0 Å². The maximum absolute atomic E-state index is 7.00. The van der Waals surface area contributed by atoms with Crippen molar-refractivity contribution in [1.29, 1.82) is 0 Å². The second kappa shape index (κ2) is 1.65. The molecule has 1 heteroatoms. The van der Waals surface area contributed by atoms with Crippen LogP contribution in [0.3, 0.4) is 0 Å². The number of hydrogen-bond donors (Lipinski definition) is 0. The Kier molecular flexibility index (Phi) is 0.984. The Morgan fingerprint density at radius 1 is 1.00 bits per heavy atom. The van der Waals surface area contributed by atoms with Gasteiger partial charge in [0.15, 0.2) is 0 Å². The Morgan fingerprint density at radius 2 is 1.57 bits per heavy atom. The zero-order valence-electron chi connectivity index (χ0n) is 3.89. The molecular formula is C6H7O+. The molecule has 0 fully saturated rings. The van der Waals surface area contributed by atoms with Crippen LogP contribution in [0.1, 0.15) is 0 Å². The van der Waals surface area contributed by atoms with Crippen LogP contribution >= 0.6 is 0 Å². The predicted octanol–water partition coefficient (Wildman–Crippen LogP) is 1.12. The highest BCUT2D eigenvalue weighted by molar-refractivity contribution is 5.18. The van der Waals surface area contributed by atoms with Crippen LogP contribution in [0.2, 0.25) is 0 Å². The van der Waals surface area contributed by atoms with Crippen molar-refractivity contribution in [2.75, 3.05) is 0 Å². The van der Waals surface area contributed by atoms with E-state index in [9.17, 15) is 0 Å². The molecule has 0 saturated heterocycles. The first kappa shape index (κ1) is 4.19. The van der Waals surface area contributed by atoms with Crippen LogP contribution < -0.4 is 0 Å². The lowest BCUT2D eigenvalue weighted by Crippen LogP contribution is -1.56. The van der Waals surface area contributed by atoms with Gasteiger partial charge in [0, 0.05) is 12.1 Å². The summed E-state index contributed by atoms with van der Waals surface area (Å²) in [5.74, 6) is 0.572. The van der Waals surface area contributed by atoms with Crippen LogP contribution in [0.5, 0.6) is 5.75 Å². The predicted molar refractivity (Wildman–Crippen MR) is 29.5 cm³/mol. The zero-order valence-corrected chi connectivity index (χ0v) is 3.89. The highest BCUT2D eigenvalue weighted by Gasteiger charge is 1.80. The summed E-state index contributed by atoms with van der Waals surface area (Å²) in [6.45, 7) is 0. The van der Waals surface area contributed by atoms with E-state index in [1.54, 1.807) is 12.1 Å². The lowest BCUT2D eigenvalue weighted by atomic mass is 10.3. The van der Waals surface area contributed by atoms with Crippen LogP contribution in [0, 0.1) is 0 Å². The molecule has 0 aliphatic rings. The molecule has 0 aromatic heterocycles. The molecule has 0 aliphatic heterocycles. The number of benzene rings is 1. The third kappa shape index (κ3) is 0.929. The molecule has 1 rings (SSSR count). The minimum Gasteiger partial charge on any atom is -0.593 e. The molecule has 2 N–H and O–H groups in total. The molecule has 0 atom stereocenters. The van der Waals surface area contributed by atoms with Crippen molar-refractivity contribution in [2.45, 2.75) is 0 Å². The average molecular weight is 95.1 g/mol. The molecule has 0 radical (unpaired) electrons. The van der Waals surface area contributed by atoms with Gasteiger partial charge < -0.3 is 5.11 Å². The summed E-state index contributed by atoms with van der Waals surface area (Å²) in [6.07, 6.45) is 0. The van der Waals surface area contributed by atoms with Crippen LogP contribution in [0.4, 0.5) is 0 Å². The molecule has 0 saturated carbocycles. The molecule has 1 aromatic rings. The fraction of sp³-hybridized carbons (Fsp3) is 0. The Hall–Kier alpha value is -0.980. The molecule has 0 spiro atoms. The molecule has 1 aromatic carbocycles. The van der Waals surface area contributed by atoms with E-state index in [0.717, 1.165) is 0 Å². The maximum Gasteiger partial charge on any atom is 0.253 e. The summed E-state index contributed by atoms with van der Waals surface area (Å²) in [5.41, 5.74) is 0. The van der Waals surface area contributed by atoms with Gasteiger partial charge in [-0.05, 0) is 0 Å². The highest BCUT2D eigenvalue weighted by Crippen LogP contribution is 2.02. The molecule has 0 heterocycles. The fourth-order valence-electron chi connectivity index (χ4n) is 0.438. The molecule has 0 bridgehead atoms. The SMILES string of the molecule is [OH2+]c1ccccc1. The second-order valence-electron chi connectivity index (χ2n) is 1.37. The van der Waals surface area contributed by atoms with Gasteiger partial charge in [-0.15, -0.1) is 0 Å². The van der Waals surface area contributed by atoms with Crippen molar-refractivity contribution in [2.24, 2.45) is 0 Å². The van der Waals surface area contributed by atoms with Crippen LogP contribution in [-0.4, -0.2) is 5.11 Å². The van der Waals surface area contributed by atoms with Crippen molar-refractivity contribution in [1.82, 2.24) is 0 Å². The van der Waals surface area contributed by atoms with Crippen molar-refractivity contribution in [3.05, 3.63) is 30.3 Å². The van der Waals surface area contributed by atoms with Gasteiger partial charge in [0.2, 0.25) is 0 Å². The van der Waals surface area contributed by atoms with E-state index < -0.39 is 0 Å². The summed E-state index contributed by atoms with van der Waals surface area (Å²) < 4.78 is 0. The molecule has 7 heavy (non-hydrogen) atoms. The van der Waals surface area contributed by atoms with Gasteiger partial charge in [0.05, 0.1) is 0 Å². The minimum atomic E-state index is 0.572. The van der Waals surface area contributed by atoms with Crippen molar-refractivity contribution in [3.63, 3.8) is 0 Å². The van der Waals surface area contributed by atoms with E-state index in [2.05, 4.69) is 0 Å². The Balaban J connectivity index is 3.02. The molecule has 1 nitrogen and oxygen atoms in total. The molecule has 0 amide bonds. The summed E-state index contributed by atoms with van der Waals surface area (Å²) in [4.78, 5) is 0. The first-order chi connectivity index (χ1) is 3.39. The average Bonchev–Trinajstić information content (AvgIpc) is 1.69. The standard InChI is InChI=1S/C6H6O/c7-6-4-2-1-3-5-6/h1-5,7H/p+1. The van der Waals surface area contributed by atoms with Gasteiger partial charge in [-0.25, -0.2) is 0 Å². The summed E-state index contributed by atoms with van der Waals surface area (Å²) >= 11 is 0. The van der Waals surface area contributed by atoms with Gasteiger partial charge in [-0.2, -0.15) is 0 Å². The van der Waals surface area contributed by atoms with Crippen LogP contribution in [0.25, 0.3) is 0 Å². The summed E-state index contributed by atoms with van der Waals surface area (Å²) in [6, 6.07) is 9.10. The normalized spacial score (nSPS) is 8.57. The number of hydrogen-bond acceptors (Lipinski definition) is 0. The third-order valence-corrected chi connectivity index (χ3v) is 0.774.